The number of anilines is 1. The number of hydrogen-bond acceptors (Lipinski definition) is 4. The van der Waals surface area contributed by atoms with Gasteiger partial charge in [-0.05, 0) is 85.5 Å². The molecule has 1 amide bonds. The molecule has 9 heteroatoms. The average molecular weight is 630 g/mol. The molecule has 4 rings (SSSR count). The fraction of sp³-hybridized carbons (Fsp3) is 0.0435. The van der Waals surface area contributed by atoms with Gasteiger partial charge in [0.05, 0.1) is 29.6 Å². The molecule has 3 nitrogen and oxygen atoms in total. The number of carbonyl (C=O) groups is 1. The molecule has 3 aromatic carbocycles. The van der Waals surface area contributed by atoms with Gasteiger partial charge in [0.2, 0.25) is 0 Å². The molecule has 1 aliphatic rings. The Morgan fingerprint density at radius 2 is 1.69 bits per heavy atom. The minimum absolute atomic E-state index is 0.140. The molecule has 0 unspecified atom stereocenters. The summed E-state index contributed by atoms with van der Waals surface area (Å²) in [5.74, 6) is 0.503. The zero-order valence-electron chi connectivity index (χ0n) is 16.2. The summed E-state index contributed by atoms with van der Waals surface area (Å²) in [6.07, 6.45) is 1.82. The molecule has 0 aromatic heterocycles. The molecule has 0 aliphatic carbocycles. The van der Waals surface area contributed by atoms with Crippen LogP contribution in [0, 0.1) is 0 Å². The minimum Gasteiger partial charge on any atom is -0.487 e. The number of carbonyl (C=O) groups excluding carboxylic acids is 1. The lowest BCUT2D eigenvalue weighted by atomic mass is 10.2. The first-order valence-electron chi connectivity index (χ1n) is 9.22. The number of thioether (sulfide) groups is 1. The van der Waals surface area contributed by atoms with Crippen LogP contribution in [0.4, 0.5) is 5.69 Å². The second-order valence-electron chi connectivity index (χ2n) is 6.70. The van der Waals surface area contributed by atoms with Crippen LogP contribution in [-0.4, -0.2) is 10.2 Å². The summed E-state index contributed by atoms with van der Waals surface area (Å²) in [6, 6.07) is 18.5. The molecule has 1 saturated heterocycles. The fourth-order valence-electron chi connectivity index (χ4n) is 3.00. The molecule has 3 aromatic rings. The van der Waals surface area contributed by atoms with E-state index in [-0.39, 0.29) is 5.91 Å². The van der Waals surface area contributed by atoms with Gasteiger partial charge in [0.25, 0.3) is 5.91 Å². The topological polar surface area (TPSA) is 29.5 Å². The van der Waals surface area contributed by atoms with Crippen molar-refractivity contribution >= 4 is 101 Å². The Morgan fingerprint density at radius 1 is 1.00 bits per heavy atom. The number of para-hydroxylation sites is 1. The number of halogens is 4. The molecule has 0 bridgehead atoms. The van der Waals surface area contributed by atoms with Gasteiger partial charge in [0.1, 0.15) is 12.4 Å². The molecule has 1 heterocycles. The van der Waals surface area contributed by atoms with E-state index >= 15 is 0 Å². The lowest BCUT2D eigenvalue weighted by Gasteiger charge is -2.14. The number of hydrogen-bond donors (Lipinski definition) is 0. The largest absolute Gasteiger partial charge is 0.487 e. The van der Waals surface area contributed by atoms with Gasteiger partial charge in [-0.3, -0.25) is 9.69 Å². The maximum Gasteiger partial charge on any atom is 0.270 e. The molecule has 1 aliphatic heterocycles. The first-order chi connectivity index (χ1) is 15.3. The summed E-state index contributed by atoms with van der Waals surface area (Å²) < 4.78 is 7.97. The van der Waals surface area contributed by atoms with Gasteiger partial charge >= 0.3 is 0 Å². The Bertz CT molecular complexity index is 1230. The van der Waals surface area contributed by atoms with Crippen molar-refractivity contribution < 1.29 is 9.53 Å². The Morgan fingerprint density at radius 3 is 2.34 bits per heavy atom. The van der Waals surface area contributed by atoms with Crippen LogP contribution in [0.1, 0.15) is 11.1 Å². The summed E-state index contributed by atoms with van der Waals surface area (Å²) in [4.78, 5) is 15.1. The maximum absolute atomic E-state index is 12.9. The van der Waals surface area contributed by atoms with E-state index < -0.39 is 0 Å². The van der Waals surface area contributed by atoms with E-state index in [1.807, 2.05) is 54.6 Å². The van der Waals surface area contributed by atoms with Crippen molar-refractivity contribution in [3.8, 4) is 5.75 Å². The van der Waals surface area contributed by atoms with E-state index in [9.17, 15) is 4.79 Å². The predicted octanol–water partition coefficient (Wildman–Crippen LogP) is 8.50. The molecule has 1 fully saturated rings. The number of rotatable bonds is 5. The number of amides is 1. The van der Waals surface area contributed by atoms with E-state index in [1.165, 1.54) is 11.8 Å². The molecule has 162 valence electrons. The molecule has 0 saturated carbocycles. The van der Waals surface area contributed by atoms with Gasteiger partial charge in [0, 0.05) is 0 Å². The molecular weight excluding hydrogens is 617 g/mol. The predicted molar refractivity (Wildman–Crippen MR) is 145 cm³/mol. The quantitative estimate of drug-likeness (QED) is 0.209. The zero-order chi connectivity index (χ0) is 22.8. The Balaban J connectivity index is 1.54. The minimum atomic E-state index is -0.140. The maximum atomic E-state index is 12.9. The highest BCUT2D eigenvalue weighted by Gasteiger charge is 2.33. The van der Waals surface area contributed by atoms with Crippen molar-refractivity contribution in [1.82, 2.24) is 0 Å². The lowest BCUT2D eigenvalue weighted by Crippen LogP contribution is -2.27. The molecule has 0 N–H and O–H groups in total. The van der Waals surface area contributed by atoms with Crippen molar-refractivity contribution in [1.29, 1.82) is 0 Å². The zero-order valence-corrected chi connectivity index (χ0v) is 22.5. The summed E-state index contributed by atoms with van der Waals surface area (Å²) in [5.41, 5.74) is 2.48. The third-order valence-electron chi connectivity index (χ3n) is 4.49. The van der Waals surface area contributed by atoms with Gasteiger partial charge in [-0.25, -0.2) is 0 Å². The number of nitrogens with zero attached hydrogens (tertiary/aromatic N) is 1. The Labute approximate surface area is 222 Å². The molecule has 32 heavy (non-hydrogen) atoms. The van der Waals surface area contributed by atoms with Crippen molar-refractivity contribution in [2.45, 2.75) is 6.61 Å². The molecule has 0 atom stereocenters. The second-order valence-corrected chi connectivity index (χ2v) is 10.9. The summed E-state index contributed by atoms with van der Waals surface area (Å²) >= 11 is 25.9. The van der Waals surface area contributed by atoms with E-state index in [1.54, 1.807) is 17.0 Å². The van der Waals surface area contributed by atoms with Crippen molar-refractivity contribution in [2.24, 2.45) is 0 Å². The van der Waals surface area contributed by atoms with Gasteiger partial charge in [-0.2, -0.15) is 0 Å². The van der Waals surface area contributed by atoms with Gasteiger partial charge in [-0.15, -0.1) is 0 Å². The van der Waals surface area contributed by atoms with E-state index in [0.29, 0.717) is 31.6 Å². The van der Waals surface area contributed by atoms with Crippen LogP contribution >= 0.6 is 79.0 Å². The highest BCUT2D eigenvalue weighted by molar-refractivity contribution is 9.11. The number of thiocarbonyl (C=S) groups is 1. The third-order valence-corrected chi connectivity index (χ3v) is 7.71. The van der Waals surface area contributed by atoms with Gasteiger partial charge < -0.3 is 4.74 Å². The van der Waals surface area contributed by atoms with Crippen molar-refractivity contribution in [3.05, 3.63) is 95.7 Å². The Kier molecular flexibility index (Phi) is 7.65. The summed E-state index contributed by atoms with van der Waals surface area (Å²) in [5, 5.41) is 0.980. The third kappa shape index (κ3) is 5.24. The normalized spacial score (nSPS) is 15.0. The molecule has 0 radical (unpaired) electrons. The average Bonchev–Trinajstić information content (AvgIpc) is 3.03. The van der Waals surface area contributed by atoms with Crippen molar-refractivity contribution in [3.63, 3.8) is 0 Å². The van der Waals surface area contributed by atoms with Crippen LogP contribution in [0.15, 0.2) is 74.5 Å². The standard InChI is InChI=1S/C23H13Br2Cl2NO2S2/c24-16-8-14(9-17(25)21(16)30-12-13-6-7-18(26)19(27)10-13)11-20-22(29)28(23(31)32-20)15-4-2-1-3-5-15/h1-11H,12H2/b20-11+. The summed E-state index contributed by atoms with van der Waals surface area (Å²) in [6.45, 7) is 0.323. The SMILES string of the molecule is O=C1/C(=C\c2cc(Br)c(OCc3ccc(Cl)c(Cl)c3)c(Br)c2)SC(=S)N1c1ccccc1. The Hall–Kier alpha value is -1.35. The number of benzene rings is 3. The van der Waals surface area contributed by atoms with Crippen molar-refractivity contribution in [2.75, 3.05) is 4.90 Å². The summed E-state index contributed by atoms with van der Waals surface area (Å²) in [7, 11) is 0. The second kappa shape index (κ2) is 10.3. The lowest BCUT2D eigenvalue weighted by molar-refractivity contribution is -0.113. The van der Waals surface area contributed by atoms with Gasteiger partial charge in [0.15, 0.2) is 4.32 Å². The highest BCUT2D eigenvalue weighted by atomic mass is 79.9. The van der Waals surface area contributed by atoms with Crippen LogP contribution in [-0.2, 0) is 11.4 Å². The first kappa shape index (κ1) is 23.8. The number of ether oxygens (including phenoxy) is 1. The van der Waals surface area contributed by atoms with E-state index in [0.717, 1.165) is 25.8 Å². The fourth-order valence-corrected chi connectivity index (χ4v) is 6.07. The molecular formula is C23H13Br2Cl2NO2S2. The molecule has 0 spiro atoms. The van der Waals surface area contributed by atoms with Crippen LogP contribution in [0.25, 0.3) is 6.08 Å². The van der Waals surface area contributed by atoms with E-state index in [2.05, 4.69) is 31.9 Å². The van der Waals surface area contributed by atoms with Crippen LogP contribution in [0.3, 0.4) is 0 Å². The van der Waals surface area contributed by atoms with Crippen LogP contribution in [0.5, 0.6) is 5.75 Å². The van der Waals surface area contributed by atoms with Gasteiger partial charge in [-0.1, -0.05) is 71.4 Å². The van der Waals surface area contributed by atoms with Crippen LogP contribution in [0.2, 0.25) is 10.0 Å². The highest BCUT2D eigenvalue weighted by Crippen LogP contribution is 2.39. The van der Waals surface area contributed by atoms with Crippen LogP contribution < -0.4 is 9.64 Å². The van der Waals surface area contributed by atoms with E-state index in [4.69, 9.17) is 40.2 Å². The monoisotopic (exact) mass is 627 g/mol. The smallest absolute Gasteiger partial charge is 0.270 e. The first-order valence-corrected chi connectivity index (χ1v) is 12.8.